The maximum absolute atomic E-state index is 5.43. The van der Waals surface area contributed by atoms with Crippen molar-refractivity contribution in [3.05, 3.63) is 0 Å². The van der Waals surface area contributed by atoms with Crippen LogP contribution in [-0.4, -0.2) is 44.3 Å². The van der Waals surface area contributed by atoms with Crippen molar-refractivity contribution in [3.8, 4) is 0 Å². The van der Waals surface area contributed by atoms with E-state index in [0.29, 0.717) is 0 Å². The van der Waals surface area contributed by atoms with Crippen LogP contribution in [0.2, 0.25) is 0 Å². The third-order valence-electron chi connectivity index (χ3n) is 1.76. The Morgan fingerprint density at radius 3 is 3.00 bits per heavy atom. The predicted octanol–water partition coefficient (Wildman–Crippen LogP) is -0.333. The summed E-state index contributed by atoms with van der Waals surface area (Å²) in [5, 5.41) is 0. The summed E-state index contributed by atoms with van der Waals surface area (Å²) in [5.41, 5.74) is 5.43. The lowest BCUT2D eigenvalue weighted by molar-refractivity contribution is 0.142. The topological polar surface area (TPSA) is 38.5 Å². The van der Waals surface area contributed by atoms with Gasteiger partial charge in [0.15, 0.2) is 0 Å². The molecule has 0 aromatic heterocycles. The molecule has 0 aliphatic carbocycles. The van der Waals surface area contributed by atoms with Crippen LogP contribution < -0.4 is 5.73 Å². The number of hydrogen-bond donors (Lipinski definition) is 1. The molecule has 1 fully saturated rings. The van der Waals surface area contributed by atoms with Crippen molar-refractivity contribution in [1.82, 2.24) is 4.90 Å². The highest BCUT2D eigenvalue weighted by Crippen LogP contribution is 1.96. The van der Waals surface area contributed by atoms with E-state index in [9.17, 15) is 0 Å². The largest absolute Gasteiger partial charge is 0.380 e. The van der Waals surface area contributed by atoms with Crippen molar-refractivity contribution in [3.63, 3.8) is 0 Å². The van der Waals surface area contributed by atoms with E-state index in [-0.39, 0.29) is 0 Å². The molecular weight excluding hydrogens is 128 g/mol. The molecule has 1 rings (SSSR count). The highest BCUT2D eigenvalue weighted by Gasteiger charge is 2.06. The molecular formula is C7H16N2O. The molecule has 1 heterocycles. The number of nitrogens with two attached hydrogens (primary N) is 1. The monoisotopic (exact) mass is 144 g/mol. The van der Waals surface area contributed by atoms with Crippen LogP contribution in [0.4, 0.5) is 0 Å². The molecule has 1 saturated heterocycles. The molecule has 0 amide bonds. The summed E-state index contributed by atoms with van der Waals surface area (Å²) >= 11 is 0. The van der Waals surface area contributed by atoms with Gasteiger partial charge in [-0.3, -0.25) is 4.90 Å². The van der Waals surface area contributed by atoms with Crippen LogP contribution in [0.25, 0.3) is 0 Å². The van der Waals surface area contributed by atoms with Gasteiger partial charge in [0.05, 0.1) is 6.61 Å². The Hall–Kier alpha value is -0.120. The molecule has 0 radical (unpaired) electrons. The number of ether oxygens (including phenoxy) is 1. The second-order valence-electron chi connectivity index (χ2n) is 2.60. The SMILES string of the molecule is NCCN1CCCOCC1. The summed E-state index contributed by atoms with van der Waals surface area (Å²) in [6.07, 6.45) is 1.15. The Kier molecular flexibility index (Phi) is 3.72. The van der Waals surface area contributed by atoms with Crippen molar-refractivity contribution in [2.45, 2.75) is 6.42 Å². The van der Waals surface area contributed by atoms with Crippen molar-refractivity contribution in [2.75, 3.05) is 39.4 Å². The van der Waals surface area contributed by atoms with Gasteiger partial charge in [0, 0.05) is 32.8 Å². The molecule has 0 aromatic carbocycles. The van der Waals surface area contributed by atoms with Gasteiger partial charge in [-0.05, 0) is 6.42 Å². The molecule has 0 saturated carbocycles. The van der Waals surface area contributed by atoms with Crippen molar-refractivity contribution < 1.29 is 4.74 Å². The summed E-state index contributed by atoms with van der Waals surface area (Å²) < 4.78 is 5.29. The van der Waals surface area contributed by atoms with Crippen LogP contribution >= 0.6 is 0 Å². The summed E-state index contributed by atoms with van der Waals surface area (Å²) in [6, 6.07) is 0. The fourth-order valence-electron chi connectivity index (χ4n) is 1.20. The van der Waals surface area contributed by atoms with Crippen LogP contribution in [-0.2, 0) is 4.74 Å². The molecule has 0 spiro atoms. The molecule has 10 heavy (non-hydrogen) atoms. The lowest BCUT2D eigenvalue weighted by atomic mass is 10.4. The van der Waals surface area contributed by atoms with E-state index in [1.54, 1.807) is 0 Å². The highest BCUT2D eigenvalue weighted by molar-refractivity contribution is 4.60. The molecule has 0 aromatic rings. The molecule has 1 aliphatic rings. The number of rotatable bonds is 2. The average molecular weight is 144 g/mol. The Morgan fingerprint density at radius 2 is 2.20 bits per heavy atom. The Balaban J connectivity index is 2.15. The fraction of sp³-hybridized carbons (Fsp3) is 1.00. The summed E-state index contributed by atoms with van der Waals surface area (Å²) in [5.74, 6) is 0. The lowest BCUT2D eigenvalue weighted by Gasteiger charge is -2.16. The second kappa shape index (κ2) is 4.66. The van der Waals surface area contributed by atoms with E-state index in [1.807, 2.05) is 0 Å². The zero-order valence-electron chi connectivity index (χ0n) is 6.38. The van der Waals surface area contributed by atoms with Crippen molar-refractivity contribution in [1.29, 1.82) is 0 Å². The maximum atomic E-state index is 5.43. The lowest BCUT2D eigenvalue weighted by Crippen LogP contribution is -2.31. The van der Waals surface area contributed by atoms with Crippen LogP contribution in [0, 0.1) is 0 Å². The molecule has 1 aliphatic heterocycles. The van der Waals surface area contributed by atoms with Gasteiger partial charge in [-0.25, -0.2) is 0 Å². The fourth-order valence-corrected chi connectivity index (χ4v) is 1.20. The van der Waals surface area contributed by atoms with Gasteiger partial charge in [0.1, 0.15) is 0 Å². The first-order valence-electron chi connectivity index (χ1n) is 3.93. The smallest absolute Gasteiger partial charge is 0.0593 e. The Morgan fingerprint density at radius 1 is 1.30 bits per heavy atom. The van der Waals surface area contributed by atoms with Crippen molar-refractivity contribution >= 4 is 0 Å². The minimum Gasteiger partial charge on any atom is -0.380 e. The molecule has 0 atom stereocenters. The van der Waals surface area contributed by atoms with Crippen LogP contribution in [0.1, 0.15) is 6.42 Å². The van der Waals surface area contributed by atoms with Crippen LogP contribution in [0.15, 0.2) is 0 Å². The van der Waals surface area contributed by atoms with Gasteiger partial charge >= 0.3 is 0 Å². The van der Waals surface area contributed by atoms with Gasteiger partial charge in [-0.15, -0.1) is 0 Å². The van der Waals surface area contributed by atoms with E-state index in [4.69, 9.17) is 10.5 Å². The summed E-state index contributed by atoms with van der Waals surface area (Å²) in [6.45, 7) is 5.78. The predicted molar refractivity (Wildman–Crippen MR) is 40.9 cm³/mol. The van der Waals surface area contributed by atoms with Gasteiger partial charge in [-0.1, -0.05) is 0 Å². The summed E-state index contributed by atoms with van der Waals surface area (Å²) in [4.78, 5) is 2.35. The minimum absolute atomic E-state index is 0.764. The van der Waals surface area contributed by atoms with Crippen LogP contribution in [0.3, 0.4) is 0 Å². The third kappa shape index (κ3) is 2.64. The van der Waals surface area contributed by atoms with Gasteiger partial charge in [0.2, 0.25) is 0 Å². The Labute approximate surface area is 62.1 Å². The van der Waals surface area contributed by atoms with E-state index < -0.39 is 0 Å². The molecule has 3 heteroatoms. The highest BCUT2D eigenvalue weighted by atomic mass is 16.5. The molecule has 2 N–H and O–H groups in total. The van der Waals surface area contributed by atoms with E-state index >= 15 is 0 Å². The maximum Gasteiger partial charge on any atom is 0.0593 e. The molecule has 60 valence electrons. The normalized spacial score (nSPS) is 22.5. The van der Waals surface area contributed by atoms with Gasteiger partial charge in [-0.2, -0.15) is 0 Å². The number of hydrogen-bond acceptors (Lipinski definition) is 3. The van der Waals surface area contributed by atoms with Crippen molar-refractivity contribution in [2.24, 2.45) is 5.73 Å². The molecule has 3 nitrogen and oxygen atoms in total. The van der Waals surface area contributed by atoms with E-state index in [1.165, 1.54) is 0 Å². The first kappa shape index (κ1) is 7.98. The number of nitrogens with zero attached hydrogens (tertiary/aromatic N) is 1. The molecule has 0 unspecified atom stereocenters. The zero-order chi connectivity index (χ0) is 7.23. The van der Waals surface area contributed by atoms with Gasteiger partial charge < -0.3 is 10.5 Å². The Bertz CT molecular complexity index is 79.7. The third-order valence-corrected chi connectivity index (χ3v) is 1.76. The average Bonchev–Trinajstić information content (AvgIpc) is 2.17. The summed E-state index contributed by atoms with van der Waals surface area (Å²) in [7, 11) is 0. The minimum atomic E-state index is 0.764. The second-order valence-corrected chi connectivity index (χ2v) is 2.60. The van der Waals surface area contributed by atoms with Gasteiger partial charge in [0.25, 0.3) is 0 Å². The standard InChI is InChI=1S/C7H16N2O/c8-2-4-9-3-1-6-10-7-5-9/h1-8H2. The first-order valence-corrected chi connectivity index (χ1v) is 3.93. The molecule has 0 bridgehead atoms. The van der Waals surface area contributed by atoms with E-state index in [0.717, 1.165) is 45.8 Å². The quantitative estimate of drug-likeness (QED) is 0.576. The zero-order valence-corrected chi connectivity index (χ0v) is 6.38. The van der Waals surface area contributed by atoms with E-state index in [2.05, 4.69) is 4.90 Å². The van der Waals surface area contributed by atoms with Crippen LogP contribution in [0.5, 0.6) is 0 Å². The first-order chi connectivity index (χ1) is 4.93.